The second-order valence-electron chi connectivity index (χ2n) is 3.98. The summed E-state index contributed by atoms with van der Waals surface area (Å²) >= 11 is 0. The van der Waals surface area contributed by atoms with Crippen LogP contribution in [0.2, 0.25) is 0 Å². The Morgan fingerprint density at radius 2 is 1.40 bits per heavy atom. The molecule has 0 aromatic rings. The Morgan fingerprint density at radius 3 is 2.27 bits per heavy atom. The van der Waals surface area contributed by atoms with Gasteiger partial charge in [-0.05, 0) is 12.8 Å². The molecule has 0 unspecified atom stereocenters. The van der Waals surface area contributed by atoms with E-state index in [-0.39, 0.29) is 0 Å². The van der Waals surface area contributed by atoms with Crippen LogP contribution in [0, 0.1) is 11.8 Å². The topological polar surface area (TPSA) is 36.1 Å². The number of rotatable bonds is 0. The average molecular weight is 209 g/mol. The lowest BCUT2D eigenvalue weighted by Crippen LogP contribution is -2.43. The lowest BCUT2D eigenvalue weighted by Gasteiger charge is -2.05. The summed E-state index contributed by atoms with van der Waals surface area (Å²) in [5.74, 6) is 6.27. The minimum absolute atomic E-state index is 0.715. The smallest absolute Gasteiger partial charge is 0.0725 e. The standard InChI is InChI=1S/C12H23N3/c1-2-4-6-8-10-12-14-15-13-11-9-7-5-3-1/h13-15H,1-7,9,11-12H2. The van der Waals surface area contributed by atoms with E-state index in [2.05, 4.69) is 28.2 Å². The molecule has 3 heteroatoms. The Morgan fingerprint density at radius 1 is 0.667 bits per heavy atom. The van der Waals surface area contributed by atoms with Crippen molar-refractivity contribution in [1.82, 2.24) is 16.4 Å². The third-order valence-electron chi connectivity index (χ3n) is 2.58. The molecule has 1 aliphatic rings. The molecule has 0 fully saturated rings. The van der Waals surface area contributed by atoms with Crippen LogP contribution in [0.3, 0.4) is 0 Å². The molecule has 0 aromatic carbocycles. The van der Waals surface area contributed by atoms with Crippen molar-refractivity contribution in [1.29, 1.82) is 0 Å². The van der Waals surface area contributed by atoms with E-state index in [0.29, 0.717) is 6.54 Å². The zero-order valence-electron chi connectivity index (χ0n) is 9.57. The van der Waals surface area contributed by atoms with E-state index >= 15 is 0 Å². The molecule has 0 aromatic heterocycles. The van der Waals surface area contributed by atoms with Gasteiger partial charge in [-0.2, -0.15) is 5.53 Å². The highest BCUT2D eigenvalue weighted by molar-refractivity contribution is 5.00. The lowest BCUT2D eigenvalue weighted by atomic mass is 10.1. The number of nitrogens with one attached hydrogen (secondary N) is 3. The van der Waals surface area contributed by atoms with Gasteiger partial charge in [0.2, 0.25) is 0 Å². The molecule has 0 saturated heterocycles. The molecule has 0 radical (unpaired) electrons. The fourth-order valence-corrected chi connectivity index (χ4v) is 1.67. The molecule has 15 heavy (non-hydrogen) atoms. The van der Waals surface area contributed by atoms with Crippen molar-refractivity contribution in [2.75, 3.05) is 13.1 Å². The van der Waals surface area contributed by atoms with Gasteiger partial charge in [-0.3, -0.25) is 0 Å². The van der Waals surface area contributed by atoms with Gasteiger partial charge in [0.15, 0.2) is 0 Å². The van der Waals surface area contributed by atoms with Gasteiger partial charge < -0.3 is 0 Å². The summed E-state index contributed by atoms with van der Waals surface area (Å²) < 4.78 is 0. The number of hydrazine groups is 2. The van der Waals surface area contributed by atoms with Gasteiger partial charge >= 0.3 is 0 Å². The van der Waals surface area contributed by atoms with Crippen LogP contribution >= 0.6 is 0 Å². The van der Waals surface area contributed by atoms with E-state index in [1.165, 1.54) is 44.9 Å². The second kappa shape index (κ2) is 9.97. The Hall–Kier alpha value is -0.560. The minimum Gasteiger partial charge on any atom is -0.244 e. The zero-order valence-corrected chi connectivity index (χ0v) is 9.57. The molecule has 0 amide bonds. The second-order valence-corrected chi connectivity index (χ2v) is 3.98. The van der Waals surface area contributed by atoms with Crippen LogP contribution in [-0.4, -0.2) is 13.1 Å². The van der Waals surface area contributed by atoms with Gasteiger partial charge in [-0.15, -0.1) is 5.92 Å². The van der Waals surface area contributed by atoms with E-state index in [1.807, 2.05) is 0 Å². The molecule has 86 valence electrons. The van der Waals surface area contributed by atoms with Crippen LogP contribution in [-0.2, 0) is 0 Å². The zero-order chi connectivity index (χ0) is 10.6. The molecule has 0 saturated carbocycles. The monoisotopic (exact) mass is 209 g/mol. The maximum Gasteiger partial charge on any atom is 0.0725 e. The Labute approximate surface area is 93.3 Å². The molecule has 1 rings (SSSR count). The molecule has 3 N–H and O–H groups in total. The third-order valence-corrected chi connectivity index (χ3v) is 2.58. The molecule has 0 bridgehead atoms. The summed E-state index contributed by atoms with van der Waals surface area (Å²) in [6, 6.07) is 0. The third kappa shape index (κ3) is 8.44. The summed E-state index contributed by atoms with van der Waals surface area (Å²) in [4.78, 5) is 0. The normalized spacial score (nSPS) is 21.9. The van der Waals surface area contributed by atoms with Crippen LogP contribution in [0.15, 0.2) is 0 Å². The van der Waals surface area contributed by atoms with Crippen molar-refractivity contribution in [3.63, 3.8) is 0 Å². The maximum absolute atomic E-state index is 3.17. The first-order valence-corrected chi connectivity index (χ1v) is 6.16. The summed E-state index contributed by atoms with van der Waals surface area (Å²) in [5, 5.41) is 0. The van der Waals surface area contributed by atoms with Gasteiger partial charge in [0.25, 0.3) is 0 Å². The SMILES string of the molecule is C1#CCNNNCCCCCCCCC1. The van der Waals surface area contributed by atoms with Crippen LogP contribution < -0.4 is 16.4 Å². The van der Waals surface area contributed by atoms with Crippen molar-refractivity contribution >= 4 is 0 Å². The molecule has 1 heterocycles. The highest BCUT2D eigenvalue weighted by Crippen LogP contribution is 2.07. The largest absolute Gasteiger partial charge is 0.244 e. The number of hydrogen-bond donors (Lipinski definition) is 3. The van der Waals surface area contributed by atoms with Crippen LogP contribution in [0.4, 0.5) is 0 Å². The van der Waals surface area contributed by atoms with Crippen molar-refractivity contribution in [3.05, 3.63) is 0 Å². The van der Waals surface area contributed by atoms with E-state index in [1.54, 1.807) is 0 Å². The first kappa shape index (κ1) is 12.5. The van der Waals surface area contributed by atoms with E-state index in [0.717, 1.165) is 13.0 Å². The quantitative estimate of drug-likeness (QED) is 0.532. The molecule has 0 aliphatic carbocycles. The van der Waals surface area contributed by atoms with Crippen molar-refractivity contribution in [2.24, 2.45) is 0 Å². The van der Waals surface area contributed by atoms with Crippen molar-refractivity contribution in [3.8, 4) is 11.8 Å². The van der Waals surface area contributed by atoms with Crippen molar-refractivity contribution < 1.29 is 0 Å². The summed E-state index contributed by atoms with van der Waals surface area (Å²) in [6.07, 6.45) is 10.4. The fourth-order valence-electron chi connectivity index (χ4n) is 1.67. The van der Waals surface area contributed by atoms with Crippen LogP contribution in [0.1, 0.15) is 51.4 Å². The predicted molar refractivity (Wildman–Crippen MR) is 63.9 cm³/mol. The molecule has 1 aliphatic heterocycles. The summed E-state index contributed by atoms with van der Waals surface area (Å²) in [7, 11) is 0. The number of hydrogen-bond acceptors (Lipinski definition) is 3. The maximum atomic E-state index is 3.17. The molecule has 3 nitrogen and oxygen atoms in total. The van der Waals surface area contributed by atoms with Crippen molar-refractivity contribution in [2.45, 2.75) is 51.4 Å². The highest BCUT2D eigenvalue weighted by Gasteiger charge is 1.92. The first-order chi connectivity index (χ1) is 7.50. The van der Waals surface area contributed by atoms with Gasteiger partial charge in [-0.1, -0.05) is 38.0 Å². The molecular weight excluding hydrogens is 186 g/mol. The average Bonchev–Trinajstić information content (AvgIpc) is 2.27. The predicted octanol–water partition coefficient (Wildman–Crippen LogP) is 1.72. The Bertz CT molecular complexity index is 175. The molecular formula is C12H23N3. The minimum atomic E-state index is 0.715. The van der Waals surface area contributed by atoms with Gasteiger partial charge in [0.05, 0.1) is 6.54 Å². The van der Waals surface area contributed by atoms with E-state index < -0.39 is 0 Å². The lowest BCUT2D eigenvalue weighted by molar-refractivity contribution is 0.442. The van der Waals surface area contributed by atoms with Gasteiger partial charge in [0, 0.05) is 13.0 Å². The van der Waals surface area contributed by atoms with Crippen LogP contribution in [0.5, 0.6) is 0 Å². The summed E-state index contributed by atoms with van der Waals surface area (Å²) in [5.41, 5.74) is 9.10. The fraction of sp³-hybridized carbons (Fsp3) is 0.833. The Balaban J connectivity index is 2.10. The van der Waals surface area contributed by atoms with E-state index in [9.17, 15) is 0 Å². The van der Waals surface area contributed by atoms with Crippen LogP contribution in [0.25, 0.3) is 0 Å². The van der Waals surface area contributed by atoms with Gasteiger partial charge in [-0.25, -0.2) is 10.9 Å². The highest BCUT2D eigenvalue weighted by atomic mass is 15.6. The first-order valence-electron chi connectivity index (χ1n) is 6.16. The Kier molecular flexibility index (Phi) is 8.32. The molecule has 0 spiro atoms. The van der Waals surface area contributed by atoms with Gasteiger partial charge in [0.1, 0.15) is 0 Å². The molecule has 0 atom stereocenters. The van der Waals surface area contributed by atoms with E-state index in [4.69, 9.17) is 0 Å². The summed E-state index contributed by atoms with van der Waals surface area (Å²) in [6.45, 7) is 1.74.